The molecule has 0 radical (unpaired) electrons. The zero-order chi connectivity index (χ0) is 20.4. The Bertz CT molecular complexity index is 1010. The second-order valence-corrected chi connectivity index (χ2v) is 8.01. The van der Waals surface area contributed by atoms with Gasteiger partial charge in [-0.15, -0.1) is 0 Å². The number of hydrogen-bond donors (Lipinski definition) is 1. The van der Waals surface area contributed by atoms with E-state index in [0.29, 0.717) is 45.6 Å². The molecule has 150 valence electrons. The number of amides is 2. The molecule has 2 aromatic carbocycles. The summed E-state index contributed by atoms with van der Waals surface area (Å²) in [4.78, 5) is 18.8. The first kappa shape index (κ1) is 20.0. The Kier molecular flexibility index (Phi) is 5.94. The van der Waals surface area contributed by atoms with Crippen molar-refractivity contribution in [2.45, 2.75) is 18.8 Å². The highest BCUT2D eigenvalue weighted by Gasteiger charge is 2.28. The number of rotatable bonds is 3. The lowest BCUT2D eigenvalue weighted by atomic mass is 9.97. The number of likely N-dealkylation sites (tertiary alicyclic amines) is 1. The maximum atomic E-state index is 12.6. The van der Waals surface area contributed by atoms with E-state index < -0.39 is 0 Å². The molecule has 0 atom stereocenters. The third kappa shape index (κ3) is 4.50. The quantitative estimate of drug-likeness (QED) is 0.521. The topological polar surface area (TPSA) is 71.3 Å². The fourth-order valence-electron chi connectivity index (χ4n) is 3.28. The molecule has 1 aliphatic heterocycles. The van der Waals surface area contributed by atoms with Crippen molar-refractivity contribution in [3.63, 3.8) is 0 Å². The van der Waals surface area contributed by atoms with E-state index in [1.807, 2.05) is 12.1 Å². The minimum atomic E-state index is -0.233. The second kappa shape index (κ2) is 8.61. The number of piperidine rings is 1. The van der Waals surface area contributed by atoms with Crippen LogP contribution in [0.15, 0.2) is 47.0 Å². The van der Waals surface area contributed by atoms with E-state index in [4.69, 9.17) is 39.3 Å². The smallest absolute Gasteiger partial charge is 0.321 e. The molecule has 1 aliphatic rings. The number of aromatic nitrogens is 2. The normalized spacial score (nSPS) is 14.8. The number of carbonyl (C=O) groups excluding carboxylic acids is 1. The number of halogens is 3. The van der Waals surface area contributed by atoms with Gasteiger partial charge in [-0.3, -0.25) is 0 Å². The predicted octanol–water partition coefficient (Wildman–Crippen LogP) is 6.11. The molecule has 0 bridgehead atoms. The molecule has 0 spiro atoms. The Morgan fingerprint density at radius 3 is 2.45 bits per heavy atom. The van der Waals surface area contributed by atoms with Crippen molar-refractivity contribution in [1.82, 2.24) is 15.0 Å². The predicted molar refractivity (Wildman–Crippen MR) is 114 cm³/mol. The maximum Gasteiger partial charge on any atom is 0.321 e. The van der Waals surface area contributed by atoms with E-state index in [0.717, 1.165) is 18.4 Å². The number of nitrogens with one attached hydrogen (secondary N) is 1. The van der Waals surface area contributed by atoms with Gasteiger partial charge in [0.15, 0.2) is 0 Å². The molecule has 2 amide bonds. The van der Waals surface area contributed by atoms with Crippen LogP contribution in [0.4, 0.5) is 10.5 Å². The average Bonchev–Trinajstić information content (AvgIpc) is 3.21. The van der Waals surface area contributed by atoms with Crippen molar-refractivity contribution < 1.29 is 9.32 Å². The van der Waals surface area contributed by atoms with Gasteiger partial charge in [-0.25, -0.2) is 4.79 Å². The molecule has 1 N–H and O–H groups in total. The van der Waals surface area contributed by atoms with Crippen LogP contribution in [-0.4, -0.2) is 34.2 Å². The van der Waals surface area contributed by atoms with Crippen molar-refractivity contribution in [2.24, 2.45) is 0 Å². The number of hydrogen-bond acceptors (Lipinski definition) is 4. The van der Waals surface area contributed by atoms with Gasteiger partial charge in [-0.1, -0.05) is 58.2 Å². The van der Waals surface area contributed by atoms with Crippen molar-refractivity contribution in [3.8, 4) is 11.4 Å². The maximum absolute atomic E-state index is 12.6. The van der Waals surface area contributed by atoms with Crippen LogP contribution in [0.5, 0.6) is 0 Å². The Balaban J connectivity index is 1.38. The molecule has 9 heteroatoms. The summed E-state index contributed by atoms with van der Waals surface area (Å²) in [6.45, 7) is 1.13. The first-order valence-corrected chi connectivity index (χ1v) is 10.2. The summed E-state index contributed by atoms with van der Waals surface area (Å²) in [5.41, 5.74) is 1.23. The van der Waals surface area contributed by atoms with Crippen LogP contribution in [0.2, 0.25) is 15.1 Å². The van der Waals surface area contributed by atoms with Gasteiger partial charge >= 0.3 is 6.03 Å². The van der Waals surface area contributed by atoms with Crippen LogP contribution in [0.3, 0.4) is 0 Å². The summed E-state index contributed by atoms with van der Waals surface area (Å²) < 4.78 is 5.46. The molecule has 1 saturated heterocycles. The summed E-state index contributed by atoms with van der Waals surface area (Å²) in [7, 11) is 0. The van der Waals surface area contributed by atoms with Gasteiger partial charge < -0.3 is 14.7 Å². The van der Waals surface area contributed by atoms with Gasteiger partial charge in [0.25, 0.3) is 0 Å². The zero-order valence-corrected chi connectivity index (χ0v) is 17.5. The average molecular weight is 452 g/mol. The van der Waals surface area contributed by atoms with E-state index in [2.05, 4.69) is 15.5 Å². The summed E-state index contributed by atoms with van der Waals surface area (Å²) in [6, 6.07) is 12.2. The van der Waals surface area contributed by atoms with Crippen LogP contribution in [0.25, 0.3) is 11.4 Å². The summed E-state index contributed by atoms with van der Waals surface area (Å²) in [6.07, 6.45) is 1.45. The van der Waals surface area contributed by atoms with Gasteiger partial charge in [0.05, 0.1) is 15.7 Å². The number of urea groups is 1. The van der Waals surface area contributed by atoms with E-state index in [9.17, 15) is 4.79 Å². The highest BCUT2D eigenvalue weighted by molar-refractivity contribution is 6.39. The second-order valence-electron chi connectivity index (χ2n) is 6.75. The fraction of sp³-hybridized carbons (Fsp3) is 0.250. The van der Waals surface area contributed by atoms with Crippen LogP contribution in [0.1, 0.15) is 24.7 Å². The summed E-state index contributed by atoms with van der Waals surface area (Å²) in [5.74, 6) is 1.19. The lowest BCUT2D eigenvalue weighted by molar-refractivity contribution is 0.187. The number of para-hydroxylation sites is 1. The lowest BCUT2D eigenvalue weighted by Gasteiger charge is -2.30. The van der Waals surface area contributed by atoms with Crippen LogP contribution < -0.4 is 5.32 Å². The number of carbonyl (C=O) groups is 1. The standard InChI is InChI=1S/C20H17Cl3N4O2/c21-14-4-1-3-13(11-14)18-25-19(29-26-18)12-7-9-27(10-8-12)20(28)24-17-15(22)5-2-6-16(17)23/h1-6,11-12H,7-10H2,(H,24,28). The van der Waals surface area contributed by atoms with E-state index in [-0.39, 0.29) is 11.9 Å². The largest absolute Gasteiger partial charge is 0.339 e. The SMILES string of the molecule is O=C(Nc1c(Cl)cccc1Cl)N1CCC(c2nc(-c3cccc(Cl)c3)no2)CC1. The Labute approximate surface area is 182 Å². The van der Waals surface area contributed by atoms with Crippen molar-refractivity contribution >= 4 is 46.5 Å². The molecule has 0 unspecified atom stereocenters. The van der Waals surface area contributed by atoms with E-state index in [1.165, 1.54) is 0 Å². The van der Waals surface area contributed by atoms with Crippen molar-refractivity contribution in [3.05, 3.63) is 63.4 Å². The van der Waals surface area contributed by atoms with Crippen LogP contribution in [0, 0.1) is 0 Å². The van der Waals surface area contributed by atoms with E-state index in [1.54, 1.807) is 35.2 Å². The first-order chi connectivity index (χ1) is 14.0. The highest BCUT2D eigenvalue weighted by Crippen LogP contribution is 2.32. The van der Waals surface area contributed by atoms with Gasteiger partial charge in [0.2, 0.25) is 11.7 Å². The molecule has 4 rings (SSSR count). The van der Waals surface area contributed by atoms with Gasteiger partial charge in [-0.05, 0) is 37.1 Å². The molecular formula is C20H17Cl3N4O2. The molecular weight excluding hydrogens is 435 g/mol. The van der Waals surface area contributed by atoms with Crippen molar-refractivity contribution in [2.75, 3.05) is 18.4 Å². The van der Waals surface area contributed by atoms with E-state index >= 15 is 0 Å². The molecule has 0 aliphatic carbocycles. The summed E-state index contributed by atoms with van der Waals surface area (Å²) in [5, 5.41) is 8.28. The Morgan fingerprint density at radius 2 is 1.76 bits per heavy atom. The monoisotopic (exact) mass is 450 g/mol. The van der Waals surface area contributed by atoms with Crippen LogP contribution >= 0.6 is 34.8 Å². The Morgan fingerprint density at radius 1 is 1.07 bits per heavy atom. The number of anilines is 1. The number of benzene rings is 2. The minimum Gasteiger partial charge on any atom is -0.339 e. The molecule has 1 fully saturated rings. The molecule has 3 aromatic rings. The molecule has 0 saturated carbocycles. The van der Waals surface area contributed by atoms with Gasteiger partial charge in [0.1, 0.15) is 0 Å². The van der Waals surface area contributed by atoms with Gasteiger partial charge in [0, 0.05) is 29.6 Å². The minimum absolute atomic E-state index is 0.100. The third-order valence-corrected chi connectivity index (χ3v) is 5.72. The summed E-state index contributed by atoms with van der Waals surface area (Å²) >= 11 is 18.3. The third-order valence-electron chi connectivity index (χ3n) is 4.85. The van der Waals surface area contributed by atoms with Crippen LogP contribution in [-0.2, 0) is 0 Å². The fourth-order valence-corrected chi connectivity index (χ4v) is 3.96. The van der Waals surface area contributed by atoms with Crippen molar-refractivity contribution in [1.29, 1.82) is 0 Å². The lowest BCUT2D eigenvalue weighted by Crippen LogP contribution is -2.40. The first-order valence-electron chi connectivity index (χ1n) is 9.11. The number of nitrogens with zero attached hydrogens (tertiary/aromatic N) is 3. The highest BCUT2D eigenvalue weighted by atomic mass is 35.5. The Hall–Kier alpha value is -2.28. The molecule has 6 nitrogen and oxygen atoms in total. The zero-order valence-electron chi connectivity index (χ0n) is 15.2. The molecule has 29 heavy (non-hydrogen) atoms. The molecule has 1 aromatic heterocycles. The molecule has 2 heterocycles. The van der Waals surface area contributed by atoms with Gasteiger partial charge in [-0.2, -0.15) is 4.98 Å².